The molecule has 0 saturated carbocycles. The predicted molar refractivity (Wildman–Crippen MR) is 74.4 cm³/mol. The summed E-state index contributed by atoms with van der Waals surface area (Å²) < 4.78 is 0. The number of hydrogen-bond acceptors (Lipinski definition) is 3. The summed E-state index contributed by atoms with van der Waals surface area (Å²) in [6.45, 7) is 2.61. The van der Waals surface area contributed by atoms with Crippen LogP contribution in [0.3, 0.4) is 0 Å². The Morgan fingerprint density at radius 2 is 2.06 bits per heavy atom. The number of pyridine rings is 1. The van der Waals surface area contributed by atoms with Crippen LogP contribution in [-0.4, -0.2) is 34.0 Å². The van der Waals surface area contributed by atoms with Gasteiger partial charge in [0.15, 0.2) is 0 Å². The molecule has 0 radical (unpaired) electrons. The zero-order valence-electron chi connectivity index (χ0n) is 9.99. The molecule has 0 spiro atoms. The maximum Gasteiger partial charge on any atom is 0.306 e. The number of aliphatic carboxylic acids is 1. The molecular formula is C12H18Cl2N2O2. The van der Waals surface area contributed by atoms with E-state index < -0.39 is 5.97 Å². The molecule has 0 aromatic carbocycles. The third-order valence-corrected chi connectivity index (χ3v) is 3.07. The number of carboxylic acids is 1. The van der Waals surface area contributed by atoms with E-state index in [0.717, 1.165) is 32.5 Å². The first kappa shape index (κ1) is 17.2. The molecule has 4 nitrogen and oxygen atoms in total. The SMILES string of the molecule is Cl.Cl.O=C(O)C1CCN(Cc2cccnc2)CC1. The van der Waals surface area contributed by atoms with E-state index in [0.29, 0.717) is 0 Å². The van der Waals surface area contributed by atoms with Crippen LogP contribution in [0.15, 0.2) is 24.5 Å². The molecule has 0 aliphatic carbocycles. The molecule has 2 rings (SSSR count). The minimum Gasteiger partial charge on any atom is -0.481 e. The van der Waals surface area contributed by atoms with E-state index >= 15 is 0 Å². The lowest BCUT2D eigenvalue weighted by molar-refractivity contribution is -0.143. The standard InChI is InChI=1S/C12H16N2O2.2ClH/c15-12(16)11-3-6-14(7-4-11)9-10-2-1-5-13-8-10;;/h1-2,5,8,11H,3-4,6-7,9H2,(H,15,16);2*1H. The van der Waals surface area contributed by atoms with Crippen LogP contribution < -0.4 is 0 Å². The van der Waals surface area contributed by atoms with Crippen LogP contribution in [-0.2, 0) is 11.3 Å². The highest BCUT2D eigenvalue weighted by Gasteiger charge is 2.24. The van der Waals surface area contributed by atoms with Gasteiger partial charge in [-0.05, 0) is 37.6 Å². The second kappa shape index (κ2) is 8.29. The van der Waals surface area contributed by atoms with E-state index in [-0.39, 0.29) is 30.7 Å². The number of carboxylic acid groups (broad SMARTS) is 1. The van der Waals surface area contributed by atoms with Crippen molar-refractivity contribution in [2.24, 2.45) is 5.92 Å². The van der Waals surface area contributed by atoms with Crippen molar-refractivity contribution >= 4 is 30.8 Å². The molecule has 2 heterocycles. The maximum absolute atomic E-state index is 10.8. The number of rotatable bonds is 3. The second-order valence-corrected chi connectivity index (χ2v) is 4.25. The summed E-state index contributed by atoms with van der Waals surface area (Å²) in [6.07, 6.45) is 5.15. The number of likely N-dealkylation sites (tertiary alicyclic amines) is 1. The second-order valence-electron chi connectivity index (χ2n) is 4.25. The highest BCUT2D eigenvalue weighted by molar-refractivity contribution is 5.85. The maximum atomic E-state index is 10.8. The Balaban J connectivity index is 0.00000144. The van der Waals surface area contributed by atoms with Gasteiger partial charge in [0, 0.05) is 18.9 Å². The van der Waals surface area contributed by atoms with Gasteiger partial charge in [-0.1, -0.05) is 6.07 Å². The van der Waals surface area contributed by atoms with E-state index in [4.69, 9.17) is 5.11 Å². The fraction of sp³-hybridized carbons (Fsp3) is 0.500. The van der Waals surface area contributed by atoms with Crippen LogP contribution in [0.1, 0.15) is 18.4 Å². The van der Waals surface area contributed by atoms with Crippen molar-refractivity contribution in [3.05, 3.63) is 30.1 Å². The van der Waals surface area contributed by atoms with Gasteiger partial charge in [-0.2, -0.15) is 0 Å². The largest absolute Gasteiger partial charge is 0.481 e. The number of piperidine rings is 1. The lowest BCUT2D eigenvalue weighted by atomic mass is 9.97. The lowest BCUT2D eigenvalue weighted by Crippen LogP contribution is -2.35. The fourth-order valence-electron chi connectivity index (χ4n) is 2.09. The molecule has 1 aliphatic heterocycles. The Hall–Kier alpha value is -0.840. The van der Waals surface area contributed by atoms with Crippen LogP contribution in [0, 0.1) is 5.92 Å². The first-order chi connectivity index (χ1) is 7.75. The average Bonchev–Trinajstić information content (AvgIpc) is 2.31. The van der Waals surface area contributed by atoms with Crippen LogP contribution in [0.2, 0.25) is 0 Å². The van der Waals surface area contributed by atoms with Crippen molar-refractivity contribution in [2.75, 3.05) is 13.1 Å². The molecule has 102 valence electrons. The highest BCUT2D eigenvalue weighted by Crippen LogP contribution is 2.18. The van der Waals surface area contributed by atoms with Crippen molar-refractivity contribution in [3.63, 3.8) is 0 Å². The molecule has 1 aromatic heterocycles. The number of aromatic nitrogens is 1. The van der Waals surface area contributed by atoms with Crippen molar-refractivity contribution in [1.82, 2.24) is 9.88 Å². The van der Waals surface area contributed by atoms with Gasteiger partial charge in [0.1, 0.15) is 0 Å². The van der Waals surface area contributed by atoms with Gasteiger partial charge in [-0.3, -0.25) is 14.7 Å². The minimum atomic E-state index is -0.652. The molecule has 1 fully saturated rings. The van der Waals surface area contributed by atoms with Crippen LogP contribution in [0.5, 0.6) is 0 Å². The summed E-state index contributed by atoms with van der Waals surface area (Å²) in [5.74, 6) is -0.800. The first-order valence-corrected chi connectivity index (χ1v) is 5.60. The van der Waals surface area contributed by atoms with Gasteiger partial charge < -0.3 is 5.11 Å². The van der Waals surface area contributed by atoms with Gasteiger partial charge in [0.25, 0.3) is 0 Å². The molecule has 18 heavy (non-hydrogen) atoms. The van der Waals surface area contributed by atoms with Crippen LogP contribution in [0.4, 0.5) is 0 Å². The van der Waals surface area contributed by atoms with E-state index in [2.05, 4.69) is 16.0 Å². The van der Waals surface area contributed by atoms with Gasteiger partial charge in [-0.25, -0.2) is 0 Å². The lowest BCUT2D eigenvalue weighted by Gasteiger charge is -2.29. The third-order valence-electron chi connectivity index (χ3n) is 3.07. The quantitative estimate of drug-likeness (QED) is 0.928. The monoisotopic (exact) mass is 292 g/mol. The molecular weight excluding hydrogens is 275 g/mol. The van der Waals surface area contributed by atoms with Gasteiger partial charge in [0.2, 0.25) is 0 Å². The van der Waals surface area contributed by atoms with Crippen molar-refractivity contribution < 1.29 is 9.90 Å². The molecule has 1 saturated heterocycles. The Bertz CT molecular complexity index is 354. The van der Waals surface area contributed by atoms with Crippen molar-refractivity contribution in [1.29, 1.82) is 0 Å². The highest BCUT2D eigenvalue weighted by atomic mass is 35.5. The summed E-state index contributed by atoms with van der Waals surface area (Å²) in [4.78, 5) is 17.2. The van der Waals surface area contributed by atoms with Crippen molar-refractivity contribution in [3.8, 4) is 0 Å². The minimum absolute atomic E-state index is 0. The summed E-state index contributed by atoms with van der Waals surface area (Å²) in [5, 5.41) is 8.89. The van der Waals surface area contributed by atoms with E-state index in [1.54, 1.807) is 6.20 Å². The van der Waals surface area contributed by atoms with E-state index in [1.807, 2.05) is 12.3 Å². The predicted octanol–water partition coefficient (Wildman–Crippen LogP) is 2.22. The average molecular weight is 293 g/mol. The van der Waals surface area contributed by atoms with Crippen LogP contribution >= 0.6 is 24.8 Å². The van der Waals surface area contributed by atoms with Crippen molar-refractivity contribution in [2.45, 2.75) is 19.4 Å². The van der Waals surface area contributed by atoms with Crippen LogP contribution in [0.25, 0.3) is 0 Å². The summed E-state index contributed by atoms with van der Waals surface area (Å²) >= 11 is 0. The molecule has 0 bridgehead atoms. The fourth-order valence-corrected chi connectivity index (χ4v) is 2.09. The molecule has 0 atom stereocenters. The van der Waals surface area contributed by atoms with E-state index in [9.17, 15) is 4.79 Å². The molecule has 6 heteroatoms. The zero-order chi connectivity index (χ0) is 11.4. The number of nitrogens with zero attached hydrogens (tertiary/aromatic N) is 2. The molecule has 1 N–H and O–H groups in total. The summed E-state index contributed by atoms with van der Waals surface area (Å²) in [7, 11) is 0. The number of hydrogen-bond donors (Lipinski definition) is 1. The van der Waals surface area contributed by atoms with Gasteiger partial charge in [0.05, 0.1) is 5.92 Å². The number of carbonyl (C=O) groups is 1. The Morgan fingerprint density at radius 3 is 2.56 bits per heavy atom. The van der Waals surface area contributed by atoms with Gasteiger partial charge in [-0.15, -0.1) is 24.8 Å². The molecule has 1 aromatic rings. The Labute approximate surface area is 119 Å². The summed E-state index contributed by atoms with van der Waals surface area (Å²) in [6, 6.07) is 3.98. The molecule has 1 aliphatic rings. The Kier molecular flexibility index (Phi) is 7.91. The van der Waals surface area contributed by atoms with E-state index in [1.165, 1.54) is 5.56 Å². The smallest absolute Gasteiger partial charge is 0.306 e. The Morgan fingerprint density at radius 1 is 1.39 bits per heavy atom. The third kappa shape index (κ3) is 4.80. The normalized spacial score (nSPS) is 16.4. The molecule has 0 unspecified atom stereocenters. The van der Waals surface area contributed by atoms with Gasteiger partial charge >= 0.3 is 5.97 Å². The first-order valence-electron chi connectivity index (χ1n) is 5.60. The number of halogens is 2. The summed E-state index contributed by atoms with van der Waals surface area (Å²) in [5.41, 5.74) is 1.19. The topological polar surface area (TPSA) is 53.4 Å². The zero-order valence-corrected chi connectivity index (χ0v) is 11.6. The molecule has 0 amide bonds.